The lowest BCUT2D eigenvalue weighted by molar-refractivity contribution is 0.0762. The molecule has 0 bridgehead atoms. The van der Waals surface area contributed by atoms with Crippen LogP contribution in [0.3, 0.4) is 0 Å². The number of para-hydroxylation sites is 1. The van der Waals surface area contributed by atoms with E-state index < -0.39 is 0 Å². The van der Waals surface area contributed by atoms with Gasteiger partial charge in [0.25, 0.3) is 11.8 Å². The Morgan fingerprint density at radius 2 is 1.63 bits per heavy atom. The van der Waals surface area contributed by atoms with Gasteiger partial charge in [0.1, 0.15) is 5.75 Å². The van der Waals surface area contributed by atoms with E-state index in [-0.39, 0.29) is 11.8 Å². The minimum absolute atomic E-state index is 0.0105. The molecule has 0 atom stereocenters. The average molecular weight is 409 g/mol. The average Bonchev–Trinajstić information content (AvgIpc) is 3.07. The number of nitrogens with one attached hydrogen (secondary N) is 1. The summed E-state index contributed by atoms with van der Waals surface area (Å²) in [6.07, 6.45) is 7.74. The van der Waals surface area contributed by atoms with E-state index in [0.29, 0.717) is 23.4 Å². The van der Waals surface area contributed by atoms with E-state index in [9.17, 15) is 9.59 Å². The monoisotopic (exact) mass is 408 g/mol. The summed E-state index contributed by atoms with van der Waals surface area (Å²) < 4.78 is 5.71. The molecule has 1 fully saturated rings. The van der Waals surface area contributed by atoms with Crippen LogP contribution in [-0.4, -0.2) is 36.4 Å². The fourth-order valence-corrected chi connectivity index (χ4v) is 3.66. The standard InChI is InChI=1S/C25H32N2O3/c1-2-3-10-19-30-21-15-13-20(14-16-21)24(28)26-23-12-7-6-11-22(23)25(29)27-17-8-4-5-9-18-27/h6-7,11-16H,2-5,8-10,17-19H2,1H3,(H,26,28). The largest absolute Gasteiger partial charge is 0.494 e. The van der Waals surface area contributed by atoms with E-state index in [0.717, 1.165) is 50.9 Å². The van der Waals surface area contributed by atoms with Crippen LogP contribution in [0.2, 0.25) is 0 Å². The highest BCUT2D eigenvalue weighted by Gasteiger charge is 2.20. The Morgan fingerprint density at radius 1 is 0.933 bits per heavy atom. The first-order chi connectivity index (χ1) is 14.7. The first-order valence-corrected chi connectivity index (χ1v) is 11.1. The van der Waals surface area contributed by atoms with Gasteiger partial charge in [-0.05, 0) is 55.7 Å². The molecule has 1 saturated heterocycles. The van der Waals surface area contributed by atoms with Crippen LogP contribution in [-0.2, 0) is 0 Å². The van der Waals surface area contributed by atoms with Crippen LogP contribution in [0.15, 0.2) is 48.5 Å². The van der Waals surface area contributed by atoms with Crippen LogP contribution < -0.4 is 10.1 Å². The van der Waals surface area contributed by atoms with Crippen molar-refractivity contribution >= 4 is 17.5 Å². The first kappa shape index (κ1) is 21.9. The molecule has 0 aliphatic carbocycles. The zero-order valence-electron chi connectivity index (χ0n) is 17.9. The Labute approximate surface area is 179 Å². The lowest BCUT2D eigenvalue weighted by atomic mass is 10.1. The number of ether oxygens (including phenoxy) is 1. The van der Waals surface area contributed by atoms with Crippen LogP contribution in [0.1, 0.15) is 72.6 Å². The number of anilines is 1. The van der Waals surface area contributed by atoms with E-state index in [2.05, 4.69) is 12.2 Å². The van der Waals surface area contributed by atoms with Crippen molar-refractivity contribution in [2.45, 2.75) is 51.9 Å². The number of unbranched alkanes of at least 4 members (excludes halogenated alkanes) is 2. The topological polar surface area (TPSA) is 58.6 Å². The molecule has 1 aliphatic rings. The van der Waals surface area contributed by atoms with Gasteiger partial charge in [0, 0.05) is 18.7 Å². The number of hydrogen-bond donors (Lipinski definition) is 1. The van der Waals surface area contributed by atoms with E-state index in [1.807, 2.05) is 29.2 Å². The molecule has 3 rings (SSSR count). The van der Waals surface area contributed by atoms with E-state index in [1.54, 1.807) is 24.3 Å². The molecule has 30 heavy (non-hydrogen) atoms. The molecule has 0 spiro atoms. The summed E-state index contributed by atoms with van der Waals surface area (Å²) in [6.45, 7) is 4.40. The number of carbonyl (C=O) groups is 2. The summed E-state index contributed by atoms with van der Waals surface area (Å²) in [5, 5.41) is 2.91. The molecule has 2 aromatic rings. The summed E-state index contributed by atoms with van der Waals surface area (Å²) in [5.41, 5.74) is 1.63. The lowest BCUT2D eigenvalue weighted by Gasteiger charge is -2.22. The maximum Gasteiger partial charge on any atom is 0.255 e. The Morgan fingerprint density at radius 3 is 2.33 bits per heavy atom. The molecule has 2 aromatic carbocycles. The summed E-state index contributed by atoms with van der Waals surface area (Å²) in [5.74, 6) is 0.520. The smallest absolute Gasteiger partial charge is 0.255 e. The minimum atomic E-state index is -0.233. The quantitative estimate of drug-likeness (QED) is 0.585. The van der Waals surface area contributed by atoms with Crippen molar-refractivity contribution in [1.29, 1.82) is 0 Å². The molecule has 5 nitrogen and oxygen atoms in total. The molecule has 1 heterocycles. The van der Waals surface area contributed by atoms with E-state index >= 15 is 0 Å². The second kappa shape index (κ2) is 11.4. The zero-order valence-corrected chi connectivity index (χ0v) is 17.9. The third-order valence-corrected chi connectivity index (χ3v) is 5.43. The first-order valence-electron chi connectivity index (χ1n) is 11.1. The van der Waals surface area contributed by atoms with Gasteiger partial charge in [-0.2, -0.15) is 0 Å². The predicted octanol–water partition coefficient (Wildman–Crippen LogP) is 5.52. The number of likely N-dealkylation sites (tertiary alicyclic amines) is 1. The summed E-state index contributed by atoms with van der Waals surface area (Å²) >= 11 is 0. The Bertz CT molecular complexity index is 825. The fourth-order valence-electron chi connectivity index (χ4n) is 3.66. The SMILES string of the molecule is CCCCCOc1ccc(C(=O)Nc2ccccc2C(=O)N2CCCCCC2)cc1. The van der Waals surface area contributed by atoms with Crippen molar-refractivity contribution in [3.05, 3.63) is 59.7 Å². The highest BCUT2D eigenvalue weighted by molar-refractivity contribution is 6.09. The van der Waals surface area contributed by atoms with Gasteiger partial charge in [0.05, 0.1) is 17.9 Å². The summed E-state index contributed by atoms with van der Waals surface area (Å²) in [4.78, 5) is 27.7. The van der Waals surface area contributed by atoms with Crippen LogP contribution in [0.25, 0.3) is 0 Å². The van der Waals surface area contributed by atoms with Gasteiger partial charge in [-0.3, -0.25) is 9.59 Å². The molecule has 1 aliphatic heterocycles. The van der Waals surface area contributed by atoms with E-state index in [4.69, 9.17) is 4.74 Å². The fraction of sp³-hybridized carbons (Fsp3) is 0.440. The molecule has 160 valence electrons. The third kappa shape index (κ3) is 6.09. The number of amides is 2. The van der Waals surface area contributed by atoms with Crippen molar-refractivity contribution in [3.63, 3.8) is 0 Å². The second-order valence-electron chi connectivity index (χ2n) is 7.79. The van der Waals surface area contributed by atoms with Crippen LogP contribution in [0.4, 0.5) is 5.69 Å². The van der Waals surface area contributed by atoms with Crippen molar-refractivity contribution in [2.75, 3.05) is 25.0 Å². The van der Waals surface area contributed by atoms with Gasteiger partial charge in [0.15, 0.2) is 0 Å². The number of rotatable bonds is 8. The van der Waals surface area contributed by atoms with Gasteiger partial charge >= 0.3 is 0 Å². The Hall–Kier alpha value is -2.82. The molecule has 5 heteroatoms. The molecular weight excluding hydrogens is 376 g/mol. The van der Waals surface area contributed by atoms with Crippen molar-refractivity contribution in [1.82, 2.24) is 4.90 Å². The molecular formula is C25H32N2O3. The van der Waals surface area contributed by atoms with E-state index in [1.165, 1.54) is 12.8 Å². The second-order valence-corrected chi connectivity index (χ2v) is 7.79. The lowest BCUT2D eigenvalue weighted by Crippen LogP contribution is -2.32. The van der Waals surface area contributed by atoms with Gasteiger partial charge in [-0.1, -0.05) is 44.7 Å². The van der Waals surface area contributed by atoms with Gasteiger partial charge in [-0.25, -0.2) is 0 Å². The molecule has 0 radical (unpaired) electrons. The minimum Gasteiger partial charge on any atom is -0.494 e. The highest BCUT2D eigenvalue weighted by atomic mass is 16.5. The highest BCUT2D eigenvalue weighted by Crippen LogP contribution is 2.21. The zero-order chi connectivity index (χ0) is 21.2. The number of carbonyl (C=O) groups excluding carboxylic acids is 2. The molecule has 1 N–H and O–H groups in total. The Kier molecular flexibility index (Phi) is 8.30. The van der Waals surface area contributed by atoms with Crippen LogP contribution in [0.5, 0.6) is 5.75 Å². The van der Waals surface area contributed by atoms with Gasteiger partial charge < -0.3 is 15.0 Å². The maximum absolute atomic E-state index is 13.0. The molecule has 0 unspecified atom stereocenters. The third-order valence-electron chi connectivity index (χ3n) is 5.43. The van der Waals surface area contributed by atoms with Crippen LogP contribution >= 0.6 is 0 Å². The van der Waals surface area contributed by atoms with Crippen molar-refractivity contribution in [2.24, 2.45) is 0 Å². The maximum atomic E-state index is 13.0. The number of nitrogens with zero attached hydrogens (tertiary/aromatic N) is 1. The predicted molar refractivity (Wildman–Crippen MR) is 120 cm³/mol. The normalized spacial score (nSPS) is 14.1. The van der Waals surface area contributed by atoms with Crippen molar-refractivity contribution < 1.29 is 14.3 Å². The number of hydrogen-bond acceptors (Lipinski definition) is 3. The molecule has 2 amide bonds. The van der Waals surface area contributed by atoms with Gasteiger partial charge in [-0.15, -0.1) is 0 Å². The van der Waals surface area contributed by atoms with Gasteiger partial charge in [0.2, 0.25) is 0 Å². The molecule has 0 aromatic heterocycles. The van der Waals surface area contributed by atoms with Crippen LogP contribution in [0, 0.1) is 0 Å². The number of benzene rings is 2. The molecule has 0 saturated carbocycles. The Balaban J connectivity index is 1.64. The van der Waals surface area contributed by atoms with Crippen molar-refractivity contribution in [3.8, 4) is 5.75 Å². The summed E-state index contributed by atoms with van der Waals surface area (Å²) in [7, 11) is 0. The summed E-state index contributed by atoms with van der Waals surface area (Å²) in [6, 6.07) is 14.4.